The van der Waals surface area contributed by atoms with Crippen LogP contribution >= 0.6 is 0 Å². The second-order valence-corrected chi connectivity index (χ2v) is 9.56. The molecule has 0 bridgehead atoms. The maximum absolute atomic E-state index is 12.7. The van der Waals surface area contributed by atoms with Crippen molar-refractivity contribution >= 4 is 16.9 Å². The van der Waals surface area contributed by atoms with Gasteiger partial charge in [0, 0.05) is 53.2 Å². The van der Waals surface area contributed by atoms with Crippen LogP contribution in [0.25, 0.3) is 22.2 Å². The van der Waals surface area contributed by atoms with Crippen molar-refractivity contribution in [2.45, 2.75) is 57.9 Å². The van der Waals surface area contributed by atoms with E-state index in [9.17, 15) is 4.79 Å². The number of piperidine rings is 2. The number of carbonyl (C=O) groups is 1. The van der Waals surface area contributed by atoms with Gasteiger partial charge in [0.25, 0.3) is 0 Å². The highest BCUT2D eigenvalue weighted by atomic mass is 16.2. The molecule has 0 radical (unpaired) electrons. The molecule has 0 unspecified atom stereocenters. The highest BCUT2D eigenvalue weighted by Gasteiger charge is 2.26. The molecular weight excluding hydrogens is 410 g/mol. The largest absolute Gasteiger partial charge is 0.354 e. The van der Waals surface area contributed by atoms with Gasteiger partial charge in [0.05, 0.1) is 0 Å². The standard InChI is InChI=1S/C27H35N5O/c1-3-23-24-17-20(4-5-25(24)31-26(23)21-6-13-29-18(2)16-21)19-9-14-32(15-10-19)27(33)30-22-7-11-28-12-8-22/h4-6,13,16-17,19,22,28,31H,3,7-12,14-15H2,1-2H3,(H,30,33). The fourth-order valence-corrected chi connectivity index (χ4v) is 5.48. The van der Waals surface area contributed by atoms with Crippen molar-refractivity contribution in [3.8, 4) is 11.3 Å². The summed E-state index contributed by atoms with van der Waals surface area (Å²) >= 11 is 0. The maximum Gasteiger partial charge on any atom is 0.317 e. The number of nitrogens with one attached hydrogen (secondary N) is 3. The summed E-state index contributed by atoms with van der Waals surface area (Å²) in [6.45, 7) is 7.92. The molecule has 6 nitrogen and oxygen atoms in total. The summed E-state index contributed by atoms with van der Waals surface area (Å²) in [7, 11) is 0. The van der Waals surface area contributed by atoms with Crippen molar-refractivity contribution in [2.75, 3.05) is 26.2 Å². The van der Waals surface area contributed by atoms with E-state index in [1.165, 1.54) is 33.3 Å². The maximum atomic E-state index is 12.7. The molecule has 0 aliphatic carbocycles. The molecule has 2 aromatic heterocycles. The number of H-pyrrole nitrogens is 1. The SMILES string of the molecule is CCc1c(-c2ccnc(C)c2)[nH]c2ccc(C3CCN(C(=O)NC4CCNCC4)CC3)cc12. The number of urea groups is 1. The third kappa shape index (κ3) is 4.62. The second kappa shape index (κ2) is 9.56. The summed E-state index contributed by atoms with van der Waals surface area (Å²) in [5, 5.41) is 7.92. The second-order valence-electron chi connectivity index (χ2n) is 9.56. The van der Waals surface area contributed by atoms with E-state index in [1.807, 2.05) is 18.0 Å². The number of likely N-dealkylation sites (tertiary alicyclic amines) is 1. The molecule has 0 spiro atoms. The summed E-state index contributed by atoms with van der Waals surface area (Å²) in [5.74, 6) is 0.503. The van der Waals surface area contributed by atoms with Gasteiger partial charge in [-0.2, -0.15) is 0 Å². The number of benzene rings is 1. The molecule has 33 heavy (non-hydrogen) atoms. The van der Waals surface area contributed by atoms with E-state index in [-0.39, 0.29) is 6.03 Å². The van der Waals surface area contributed by atoms with Gasteiger partial charge in [-0.1, -0.05) is 13.0 Å². The predicted molar refractivity (Wildman–Crippen MR) is 134 cm³/mol. The molecule has 4 heterocycles. The van der Waals surface area contributed by atoms with E-state index in [0.29, 0.717) is 12.0 Å². The number of hydrogen-bond donors (Lipinski definition) is 3. The Morgan fingerprint density at radius 1 is 1.12 bits per heavy atom. The Morgan fingerprint density at radius 3 is 2.64 bits per heavy atom. The number of fused-ring (bicyclic) bond motifs is 1. The fourth-order valence-electron chi connectivity index (χ4n) is 5.48. The Balaban J connectivity index is 1.30. The Labute approximate surface area is 196 Å². The van der Waals surface area contributed by atoms with Crippen LogP contribution in [0.5, 0.6) is 0 Å². The lowest BCUT2D eigenvalue weighted by Gasteiger charge is -2.34. The number of aryl methyl sites for hydroxylation is 2. The number of aromatic nitrogens is 2. The molecule has 2 fully saturated rings. The van der Waals surface area contributed by atoms with Crippen molar-refractivity contribution in [2.24, 2.45) is 0 Å². The van der Waals surface area contributed by atoms with Crippen LogP contribution in [-0.2, 0) is 6.42 Å². The molecule has 3 N–H and O–H groups in total. The van der Waals surface area contributed by atoms with Crippen LogP contribution in [0, 0.1) is 6.92 Å². The number of rotatable bonds is 4. The molecule has 174 valence electrons. The van der Waals surface area contributed by atoms with E-state index in [1.54, 1.807) is 0 Å². The summed E-state index contributed by atoms with van der Waals surface area (Å²) < 4.78 is 0. The predicted octanol–water partition coefficient (Wildman–Crippen LogP) is 4.74. The summed E-state index contributed by atoms with van der Waals surface area (Å²) in [6, 6.07) is 11.6. The highest BCUT2D eigenvalue weighted by molar-refractivity contribution is 5.91. The normalized spacial score (nSPS) is 18.1. The smallest absolute Gasteiger partial charge is 0.317 e. The number of amides is 2. The minimum Gasteiger partial charge on any atom is -0.354 e. The van der Waals surface area contributed by atoms with E-state index in [0.717, 1.165) is 64.0 Å². The molecule has 2 saturated heterocycles. The number of carbonyl (C=O) groups excluding carboxylic acids is 1. The molecule has 1 aromatic carbocycles. The first-order chi connectivity index (χ1) is 16.1. The Kier molecular flexibility index (Phi) is 6.36. The Hall–Kier alpha value is -2.86. The minimum atomic E-state index is 0.118. The summed E-state index contributed by atoms with van der Waals surface area (Å²) in [6.07, 6.45) is 6.96. The van der Waals surface area contributed by atoms with Gasteiger partial charge < -0.3 is 20.5 Å². The van der Waals surface area contributed by atoms with Crippen LogP contribution in [0.2, 0.25) is 0 Å². The summed E-state index contributed by atoms with van der Waals surface area (Å²) in [5.41, 5.74) is 7.40. The van der Waals surface area contributed by atoms with Crippen LogP contribution in [0.4, 0.5) is 4.79 Å². The van der Waals surface area contributed by atoms with Crippen LogP contribution in [-0.4, -0.2) is 53.1 Å². The third-order valence-corrected chi connectivity index (χ3v) is 7.39. The molecule has 5 rings (SSSR count). The highest BCUT2D eigenvalue weighted by Crippen LogP contribution is 2.35. The van der Waals surface area contributed by atoms with Gasteiger partial charge in [-0.15, -0.1) is 0 Å². The molecule has 2 amide bonds. The first kappa shape index (κ1) is 22.0. The molecule has 0 atom stereocenters. The van der Waals surface area contributed by atoms with E-state index < -0.39 is 0 Å². The summed E-state index contributed by atoms with van der Waals surface area (Å²) in [4.78, 5) is 22.7. The first-order valence-corrected chi connectivity index (χ1v) is 12.5. The number of aromatic amines is 1. The lowest BCUT2D eigenvalue weighted by atomic mass is 9.88. The van der Waals surface area contributed by atoms with E-state index in [2.05, 4.69) is 57.9 Å². The van der Waals surface area contributed by atoms with Crippen molar-refractivity contribution in [1.82, 2.24) is 25.5 Å². The lowest BCUT2D eigenvalue weighted by Crippen LogP contribution is -2.50. The zero-order valence-corrected chi connectivity index (χ0v) is 19.8. The lowest BCUT2D eigenvalue weighted by molar-refractivity contribution is 0.175. The Morgan fingerprint density at radius 2 is 1.91 bits per heavy atom. The van der Waals surface area contributed by atoms with Gasteiger partial charge in [-0.25, -0.2) is 4.79 Å². The molecule has 2 aliphatic heterocycles. The first-order valence-electron chi connectivity index (χ1n) is 12.5. The monoisotopic (exact) mass is 445 g/mol. The quantitative estimate of drug-likeness (QED) is 0.543. The van der Waals surface area contributed by atoms with Gasteiger partial charge in [0.1, 0.15) is 0 Å². The average molecular weight is 446 g/mol. The van der Waals surface area contributed by atoms with Gasteiger partial charge in [-0.05, 0) is 93.4 Å². The number of hydrogen-bond acceptors (Lipinski definition) is 3. The molecule has 3 aromatic rings. The number of pyridine rings is 1. The average Bonchev–Trinajstić information content (AvgIpc) is 3.23. The van der Waals surface area contributed by atoms with E-state index >= 15 is 0 Å². The molecule has 2 aliphatic rings. The topological polar surface area (TPSA) is 73.0 Å². The van der Waals surface area contributed by atoms with Crippen LogP contribution < -0.4 is 10.6 Å². The fraction of sp³-hybridized carbons (Fsp3) is 0.481. The van der Waals surface area contributed by atoms with Crippen molar-refractivity contribution in [3.05, 3.63) is 53.3 Å². The van der Waals surface area contributed by atoms with Crippen molar-refractivity contribution < 1.29 is 4.79 Å². The Bertz CT molecular complexity index is 1120. The van der Waals surface area contributed by atoms with Crippen LogP contribution in [0.15, 0.2) is 36.5 Å². The van der Waals surface area contributed by atoms with Gasteiger partial charge in [0.2, 0.25) is 0 Å². The zero-order chi connectivity index (χ0) is 22.8. The van der Waals surface area contributed by atoms with Gasteiger partial charge in [0.15, 0.2) is 0 Å². The van der Waals surface area contributed by atoms with Gasteiger partial charge in [-0.3, -0.25) is 4.98 Å². The molecular formula is C27H35N5O. The van der Waals surface area contributed by atoms with Gasteiger partial charge >= 0.3 is 6.03 Å². The van der Waals surface area contributed by atoms with Crippen LogP contribution in [0.3, 0.4) is 0 Å². The van der Waals surface area contributed by atoms with E-state index in [4.69, 9.17) is 0 Å². The minimum absolute atomic E-state index is 0.118. The molecule has 0 saturated carbocycles. The zero-order valence-electron chi connectivity index (χ0n) is 19.8. The van der Waals surface area contributed by atoms with Crippen LogP contribution in [0.1, 0.15) is 55.3 Å². The van der Waals surface area contributed by atoms with Crippen molar-refractivity contribution in [3.63, 3.8) is 0 Å². The molecule has 6 heteroatoms. The van der Waals surface area contributed by atoms with Crippen molar-refractivity contribution in [1.29, 1.82) is 0 Å². The number of nitrogens with zero attached hydrogens (tertiary/aromatic N) is 2. The third-order valence-electron chi connectivity index (χ3n) is 7.39.